The number of allylic oxidation sites excluding steroid dienone is 2. The van der Waals surface area contributed by atoms with Crippen LogP contribution < -0.4 is 0 Å². The molecule has 0 amide bonds. The van der Waals surface area contributed by atoms with Gasteiger partial charge in [-0.15, -0.1) is 0 Å². The molecule has 0 heterocycles. The molecule has 0 N–H and O–H groups in total. The third-order valence-corrected chi connectivity index (χ3v) is 2.51. The number of unbranched alkanes of at least 4 members (excludes halogenated alkanes) is 8. The van der Waals surface area contributed by atoms with E-state index < -0.39 is 0 Å². The van der Waals surface area contributed by atoms with Gasteiger partial charge in [-0.25, -0.2) is 0 Å². The maximum Gasteiger partial charge on any atom is -0.0277 e. The lowest BCUT2D eigenvalue weighted by Gasteiger charge is -1.99. The Balaban J connectivity index is 2.96. The Kier molecular flexibility index (Phi) is 10.6. The minimum absolute atomic E-state index is 1.16. The molecule has 83 valence electrons. The summed E-state index contributed by atoms with van der Waals surface area (Å²) >= 11 is 0. The van der Waals surface area contributed by atoms with E-state index in [9.17, 15) is 0 Å². The summed E-state index contributed by atoms with van der Waals surface area (Å²) in [6.45, 7) is 6.53. The molecule has 0 fully saturated rings. The van der Waals surface area contributed by atoms with Crippen LogP contribution in [0.4, 0.5) is 0 Å². The Morgan fingerprint density at radius 3 is 1.79 bits per heavy atom. The number of hydrogen-bond acceptors (Lipinski definition) is 0. The molecule has 0 atom stereocenters. The smallest absolute Gasteiger partial charge is 0.0277 e. The molecule has 0 saturated carbocycles. The first-order valence-corrected chi connectivity index (χ1v) is 6.31. The van der Waals surface area contributed by atoms with Crippen molar-refractivity contribution in [2.75, 3.05) is 0 Å². The van der Waals surface area contributed by atoms with Gasteiger partial charge in [-0.2, -0.15) is 0 Å². The lowest BCUT2D eigenvalue weighted by molar-refractivity contribution is 0.576. The summed E-state index contributed by atoms with van der Waals surface area (Å²) < 4.78 is 0. The van der Waals surface area contributed by atoms with Gasteiger partial charge in [0.15, 0.2) is 0 Å². The molecule has 0 aromatic carbocycles. The zero-order valence-corrected chi connectivity index (χ0v) is 10.4. The molecular weight excluding hydrogens is 168 g/mol. The van der Waals surface area contributed by atoms with Gasteiger partial charge in [0.25, 0.3) is 0 Å². The summed E-state index contributed by atoms with van der Waals surface area (Å²) in [5.41, 5.74) is 1.34. The van der Waals surface area contributed by atoms with Crippen LogP contribution in [0.2, 0.25) is 0 Å². The van der Waals surface area contributed by atoms with E-state index in [1.165, 1.54) is 56.9 Å². The summed E-state index contributed by atoms with van der Waals surface area (Å²) in [5.74, 6) is 0. The van der Waals surface area contributed by atoms with Crippen molar-refractivity contribution < 1.29 is 0 Å². The van der Waals surface area contributed by atoms with Crippen molar-refractivity contribution in [2.24, 2.45) is 0 Å². The van der Waals surface area contributed by atoms with E-state index in [2.05, 4.69) is 26.8 Å². The van der Waals surface area contributed by atoms with Crippen molar-refractivity contribution in [3.05, 3.63) is 11.6 Å². The quantitative estimate of drug-likeness (QED) is 0.439. The van der Waals surface area contributed by atoms with Gasteiger partial charge >= 0.3 is 0 Å². The second kappa shape index (κ2) is 10.8. The lowest BCUT2D eigenvalue weighted by atomic mass is 10.1. The van der Waals surface area contributed by atoms with Crippen molar-refractivity contribution in [1.82, 2.24) is 0 Å². The van der Waals surface area contributed by atoms with E-state index in [4.69, 9.17) is 0 Å². The van der Waals surface area contributed by atoms with Crippen molar-refractivity contribution >= 4 is 0 Å². The Morgan fingerprint density at radius 2 is 1.29 bits per heavy atom. The third kappa shape index (κ3) is 11.7. The van der Waals surface area contributed by atoms with Gasteiger partial charge in [0.2, 0.25) is 0 Å². The van der Waals surface area contributed by atoms with Crippen LogP contribution in [-0.4, -0.2) is 0 Å². The average molecular weight is 195 g/mol. The Hall–Kier alpha value is -0.260. The minimum Gasteiger partial charge on any atom is -0.0730 e. The predicted molar refractivity (Wildman–Crippen MR) is 65.3 cm³/mol. The van der Waals surface area contributed by atoms with Crippen LogP contribution in [-0.2, 0) is 0 Å². The molecule has 0 aromatic rings. The highest BCUT2D eigenvalue weighted by Gasteiger charge is 1.90. The van der Waals surface area contributed by atoms with E-state index in [1.54, 1.807) is 0 Å². The monoisotopic (exact) mass is 195 g/mol. The predicted octanol–water partition coefficient (Wildman–Crippen LogP) is 5.29. The van der Waals surface area contributed by atoms with E-state index in [0.29, 0.717) is 0 Å². The standard InChI is InChI=1S/C14H27/c1-4-5-6-7-8-9-10-11-12-13-14(2)3/h4-12H2,1-3H3. The van der Waals surface area contributed by atoms with Gasteiger partial charge < -0.3 is 0 Å². The fourth-order valence-corrected chi connectivity index (χ4v) is 1.60. The van der Waals surface area contributed by atoms with E-state index in [1.807, 2.05) is 0 Å². The largest absolute Gasteiger partial charge is 0.0730 e. The van der Waals surface area contributed by atoms with Crippen LogP contribution in [0.15, 0.2) is 5.57 Å². The number of rotatable bonds is 9. The molecule has 1 radical (unpaired) electrons. The summed E-state index contributed by atoms with van der Waals surface area (Å²) in [6.07, 6.45) is 15.8. The van der Waals surface area contributed by atoms with Crippen LogP contribution in [0.5, 0.6) is 0 Å². The van der Waals surface area contributed by atoms with E-state index >= 15 is 0 Å². The first-order valence-electron chi connectivity index (χ1n) is 6.31. The summed E-state index contributed by atoms with van der Waals surface area (Å²) in [5, 5.41) is 0. The van der Waals surface area contributed by atoms with Crippen molar-refractivity contribution in [3.8, 4) is 0 Å². The van der Waals surface area contributed by atoms with Crippen LogP contribution in [0.3, 0.4) is 0 Å². The van der Waals surface area contributed by atoms with Gasteiger partial charge in [0, 0.05) is 0 Å². The molecule has 0 saturated heterocycles. The highest BCUT2D eigenvalue weighted by Crippen LogP contribution is 2.09. The highest BCUT2D eigenvalue weighted by atomic mass is 14.0. The first-order chi connectivity index (χ1) is 6.77. The van der Waals surface area contributed by atoms with Crippen LogP contribution in [0.1, 0.15) is 78.6 Å². The maximum atomic E-state index is 3.37. The topological polar surface area (TPSA) is 0 Å². The fourth-order valence-electron chi connectivity index (χ4n) is 1.60. The molecular formula is C14H27. The molecule has 0 rings (SSSR count). The van der Waals surface area contributed by atoms with Crippen molar-refractivity contribution in [2.45, 2.75) is 78.6 Å². The van der Waals surface area contributed by atoms with Gasteiger partial charge in [0.05, 0.1) is 0 Å². The SMILES string of the molecule is CCCCCCCCCC[C]=C(C)C. The van der Waals surface area contributed by atoms with Gasteiger partial charge in [0.1, 0.15) is 0 Å². The Labute approximate surface area is 90.8 Å². The second-order valence-electron chi connectivity index (χ2n) is 4.40. The molecule has 0 aliphatic heterocycles. The first kappa shape index (κ1) is 13.7. The van der Waals surface area contributed by atoms with Crippen LogP contribution >= 0.6 is 0 Å². The Bertz CT molecular complexity index is 129. The highest BCUT2D eigenvalue weighted by molar-refractivity contribution is 4.85. The minimum atomic E-state index is 1.16. The molecule has 0 aliphatic rings. The third-order valence-electron chi connectivity index (χ3n) is 2.51. The molecule has 0 aliphatic carbocycles. The number of hydrogen-bond donors (Lipinski definition) is 0. The molecule has 0 bridgehead atoms. The molecule has 0 heteroatoms. The summed E-state index contributed by atoms with van der Waals surface area (Å²) in [7, 11) is 0. The molecule has 0 nitrogen and oxygen atoms in total. The average Bonchev–Trinajstić information content (AvgIpc) is 2.15. The van der Waals surface area contributed by atoms with Gasteiger partial charge in [-0.05, 0) is 32.8 Å². The van der Waals surface area contributed by atoms with Crippen molar-refractivity contribution in [3.63, 3.8) is 0 Å². The normalized spacial score (nSPS) is 10.2. The molecule has 14 heavy (non-hydrogen) atoms. The molecule has 0 unspecified atom stereocenters. The zero-order chi connectivity index (χ0) is 10.6. The summed E-state index contributed by atoms with van der Waals surface area (Å²) in [4.78, 5) is 0. The van der Waals surface area contributed by atoms with E-state index in [-0.39, 0.29) is 0 Å². The van der Waals surface area contributed by atoms with Gasteiger partial charge in [-0.3, -0.25) is 0 Å². The maximum absolute atomic E-state index is 3.37. The van der Waals surface area contributed by atoms with E-state index in [0.717, 1.165) is 6.42 Å². The lowest BCUT2D eigenvalue weighted by Crippen LogP contribution is -1.80. The molecule has 0 spiro atoms. The summed E-state index contributed by atoms with van der Waals surface area (Å²) in [6, 6.07) is 0. The molecule has 0 aromatic heterocycles. The van der Waals surface area contributed by atoms with Crippen LogP contribution in [0, 0.1) is 6.08 Å². The fraction of sp³-hybridized carbons (Fsp3) is 0.857. The van der Waals surface area contributed by atoms with Crippen molar-refractivity contribution in [1.29, 1.82) is 0 Å². The Morgan fingerprint density at radius 1 is 0.786 bits per heavy atom. The van der Waals surface area contributed by atoms with Gasteiger partial charge in [-0.1, -0.05) is 57.4 Å². The zero-order valence-electron chi connectivity index (χ0n) is 10.4. The van der Waals surface area contributed by atoms with Crippen LogP contribution in [0.25, 0.3) is 0 Å². The second-order valence-corrected chi connectivity index (χ2v) is 4.40.